The van der Waals surface area contributed by atoms with Gasteiger partial charge < -0.3 is 9.64 Å². The van der Waals surface area contributed by atoms with Gasteiger partial charge in [0.05, 0.1) is 5.02 Å². The molecule has 1 aliphatic rings. The van der Waals surface area contributed by atoms with Crippen LogP contribution in [0.25, 0.3) is 0 Å². The second kappa shape index (κ2) is 7.57. The van der Waals surface area contributed by atoms with Gasteiger partial charge in [0.2, 0.25) is 5.95 Å². The first-order chi connectivity index (χ1) is 11.7. The second-order valence-corrected chi connectivity index (χ2v) is 5.97. The smallest absolute Gasteiger partial charge is 0.329 e. The Morgan fingerprint density at radius 3 is 2.83 bits per heavy atom. The molecule has 0 spiro atoms. The van der Waals surface area contributed by atoms with Gasteiger partial charge in [-0.3, -0.25) is 0 Å². The third-order valence-electron chi connectivity index (χ3n) is 4.00. The molecule has 0 aliphatic carbocycles. The van der Waals surface area contributed by atoms with Crippen molar-refractivity contribution in [2.75, 3.05) is 11.4 Å². The fourth-order valence-corrected chi connectivity index (χ4v) is 2.98. The first-order valence-electron chi connectivity index (χ1n) is 7.80. The van der Waals surface area contributed by atoms with Crippen LogP contribution in [0.15, 0.2) is 36.7 Å². The van der Waals surface area contributed by atoms with Crippen molar-refractivity contribution < 1.29 is 13.9 Å². The molecule has 0 radical (unpaired) electrons. The van der Waals surface area contributed by atoms with Gasteiger partial charge in [0.25, 0.3) is 0 Å². The number of carbonyl (C=O) groups excluding carboxylic acids is 1. The van der Waals surface area contributed by atoms with Gasteiger partial charge in [-0.2, -0.15) is 0 Å². The lowest BCUT2D eigenvalue weighted by Gasteiger charge is -2.33. The number of aromatic nitrogens is 2. The van der Waals surface area contributed by atoms with Crippen molar-refractivity contribution >= 4 is 23.5 Å². The molecule has 2 aromatic rings. The Kier molecular flexibility index (Phi) is 5.25. The SMILES string of the molecule is O=C(OCc1c(F)cccc1Cl)C1CCCCN1c1ncccn1. The van der Waals surface area contributed by atoms with Crippen LogP contribution in [0, 0.1) is 5.82 Å². The number of esters is 1. The Morgan fingerprint density at radius 1 is 1.29 bits per heavy atom. The first-order valence-corrected chi connectivity index (χ1v) is 8.18. The van der Waals surface area contributed by atoms with Crippen molar-refractivity contribution in [2.45, 2.75) is 31.9 Å². The van der Waals surface area contributed by atoms with Crippen molar-refractivity contribution in [1.82, 2.24) is 9.97 Å². The maximum Gasteiger partial charge on any atom is 0.329 e. The van der Waals surface area contributed by atoms with Gasteiger partial charge in [-0.1, -0.05) is 17.7 Å². The van der Waals surface area contributed by atoms with E-state index in [2.05, 4.69) is 9.97 Å². The summed E-state index contributed by atoms with van der Waals surface area (Å²) in [5, 5.41) is 0.245. The Balaban J connectivity index is 1.71. The summed E-state index contributed by atoms with van der Waals surface area (Å²) >= 11 is 5.96. The minimum absolute atomic E-state index is 0.186. The Bertz CT molecular complexity index is 694. The molecule has 7 heteroatoms. The van der Waals surface area contributed by atoms with E-state index in [9.17, 15) is 9.18 Å². The molecule has 1 fully saturated rings. The molecular formula is C17H17ClFN3O2. The molecule has 24 heavy (non-hydrogen) atoms. The molecule has 126 valence electrons. The van der Waals surface area contributed by atoms with Crippen LogP contribution < -0.4 is 4.90 Å². The highest BCUT2D eigenvalue weighted by molar-refractivity contribution is 6.31. The average molecular weight is 350 g/mol. The van der Waals surface area contributed by atoms with Gasteiger partial charge in [-0.25, -0.2) is 19.2 Å². The maximum absolute atomic E-state index is 13.8. The average Bonchev–Trinajstić information content (AvgIpc) is 2.62. The Labute approximate surface area is 144 Å². The number of benzene rings is 1. The number of anilines is 1. The molecule has 0 amide bonds. The second-order valence-electron chi connectivity index (χ2n) is 5.56. The first kappa shape index (κ1) is 16.6. The summed E-state index contributed by atoms with van der Waals surface area (Å²) in [6, 6.07) is 5.63. The van der Waals surface area contributed by atoms with Crippen LogP contribution in [0.3, 0.4) is 0 Å². The van der Waals surface area contributed by atoms with Gasteiger partial charge in [0.15, 0.2) is 0 Å². The maximum atomic E-state index is 13.8. The number of nitrogens with zero attached hydrogens (tertiary/aromatic N) is 3. The van der Waals surface area contributed by atoms with E-state index in [1.54, 1.807) is 24.5 Å². The van der Waals surface area contributed by atoms with Crippen molar-refractivity contribution in [1.29, 1.82) is 0 Å². The van der Waals surface area contributed by atoms with Gasteiger partial charge in [-0.05, 0) is 37.5 Å². The van der Waals surface area contributed by atoms with Gasteiger partial charge >= 0.3 is 5.97 Å². The summed E-state index contributed by atoms with van der Waals surface area (Å²) in [5.74, 6) is -0.397. The van der Waals surface area contributed by atoms with E-state index < -0.39 is 17.8 Å². The zero-order chi connectivity index (χ0) is 16.9. The Hall–Kier alpha value is -2.21. The van der Waals surface area contributed by atoms with Crippen LogP contribution in [-0.4, -0.2) is 28.5 Å². The highest BCUT2D eigenvalue weighted by Crippen LogP contribution is 2.24. The highest BCUT2D eigenvalue weighted by atomic mass is 35.5. The molecule has 1 unspecified atom stereocenters. The molecule has 0 saturated carbocycles. The molecule has 1 atom stereocenters. The molecule has 3 rings (SSSR count). The quantitative estimate of drug-likeness (QED) is 0.792. The summed E-state index contributed by atoms with van der Waals surface area (Å²) in [5.41, 5.74) is 0.186. The van der Waals surface area contributed by atoms with Crippen LogP contribution in [0.1, 0.15) is 24.8 Å². The van der Waals surface area contributed by atoms with E-state index in [-0.39, 0.29) is 17.2 Å². The minimum Gasteiger partial charge on any atom is -0.459 e. The van der Waals surface area contributed by atoms with E-state index >= 15 is 0 Å². The number of ether oxygens (including phenoxy) is 1. The molecule has 5 nitrogen and oxygen atoms in total. The molecule has 1 aliphatic heterocycles. The van der Waals surface area contributed by atoms with Crippen molar-refractivity contribution in [3.63, 3.8) is 0 Å². The van der Waals surface area contributed by atoms with E-state index in [0.29, 0.717) is 18.9 Å². The van der Waals surface area contributed by atoms with Crippen LogP contribution in [0.5, 0.6) is 0 Å². The molecule has 1 aromatic carbocycles. The fraction of sp³-hybridized carbons (Fsp3) is 0.353. The number of carbonyl (C=O) groups is 1. The molecule has 0 N–H and O–H groups in total. The lowest BCUT2D eigenvalue weighted by Crippen LogP contribution is -2.46. The van der Waals surface area contributed by atoms with Crippen molar-refractivity contribution in [3.05, 3.63) is 53.1 Å². The van der Waals surface area contributed by atoms with E-state index in [1.807, 2.05) is 4.90 Å². The number of hydrogen-bond acceptors (Lipinski definition) is 5. The summed E-state index contributed by atoms with van der Waals surface area (Å²) in [7, 11) is 0. The lowest BCUT2D eigenvalue weighted by atomic mass is 10.0. The predicted molar refractivity (Wildman–Crippen MR) is 88.2 cm³/mol. The monoisotopic (exact) mass is 349 g/mol. The number of rotatable bonds is 4. The normalized spacial score (nSPS) is 17.6. The molecule has 1 aromatic heterocycles. The lowest BCUT2D eigenvalue weighted by molar-refractivity contribution is -0.147. The minimum atomic E-state index is -0.484. The molecule has 2 heterocycles. The zero-order valence-corrected chi connectivity index (χ0v) is 13.7. The number of halogens is 2. The third kappa shape index (κ3) is 3.64. The summed E-state index contributed by atoms with van der Waals surface area (Å²) in [4.78, 5) is 22.7. The summed E-state index contributed by atoms with van der Waals surface area (Å²) in [6.07, 6.45) is 5.81. The van der Waals surface area contributed by atoms with Crippen LogP contribution in [0.2, 0.25) is 5.02 Å². The summed E-state index contributed by atoms with van der Waals surface area (Å²) < 4.78 is 19.1. The Morgan fingerprint density at radius 2 is 2.08 bits per heavy atom. The highest BCUT2D eigenvalue weighted by Gasteiger charge is 2.31. The van der Waals surface area contributed by atoms with Crippen LogP contribution in [-0.2, 0) is 16.1 Å². The van der Waals surface area contributed by atoms with Crippen molar-refractivity contribution in [3.8, 4) is 0 Å². The van der Waals surface area contributed by atoms with E-state index in [1.165, 1.54) is 12.1 Å². The van der Waals surface area contributed by atoms with E-state index in [0.717, 1.165) is 12.8 Å². The summed E-state index contributed by atoms with van der Waals surface area (Å²) in [6.45, 7) is 0.495. The van der Waals surface area contributed by atoms with Crippen LogP contribution >= 0.6 is 11.6 Å². The number of hydrogen-bond donors (Lipinski definition) is 0. The van der Waals surface area contributed by atoms with Gasteiger partial charge in [0.1, 0.15) is 18.5 Å². The zero-order valence-electron chi connectivity index (χ0n) is 13.0. The van der Waals surface area contributed by atoms with Gasteiger partial charge in [-0.15, -0.1) is 0 Å². The number of piperidine rings is 1. The van der Waals surface area contributed by atoms with Crippen LogP contribution in [0.4, 0.5) is 10.3 Å². The topological polar surface area (TPSA) is 55.3 Å². The molecule has 1 saturated heterocycles. The largest absolute Gasteiger partial charge is 0.459 e. The predicted octanol–water partition coefficient (Wildman–Crippen LogP) is 3.37. The van der Waals surface area contributed by atoms with Crippen molar-refractivity contribution in [2.24, 2.45) is 0 Å². The standard InChI is InChI=1S/C17H17ClFN3O2/c18-13-5-3-6-14(19)12(13)11-24-16(23)15-7-1-2-10-22(15)17-20-8-4-9-21-17/h3-6,8-9,15H,1-2,7,10-11H2. The van der Waals surface area contributed by atoms with E-state index in [4.69, 9.17) is 16.3 Å². The molecular weight excluding hydrogens is 333 g/mol. The van der Waals surface area contributed by atoms with Gasteiger partial charge in [0, 0.05) is 24.5 Å². The molecule has 0 bridgehead atoms. The third-order valence-corrected chi connectivity index (χ3v) is 4.36. The fourth-order valence-electron chi connectivity index (χ4n) is 2.77.